The first-order valence-corrected chi connectivity index (χ1v) is 10.8. The van der Waals surface area contributed by atoms with Crippen LogP contribution >= 0.6 is 0 Å². The van der Waals surface area contributed by atoms with Crippen LogP contribution in [0, 0.1) is 0 Å². The summed E-state index contributed by atoms with van der Waals surface area (Å²) in [7, 11) is -3.17. The quantitative estimate of drug-likeness (QED) is 0.712. The van der Waals surface area contributed by atoms with Crippen LogP contribution in [-0.2, 0) is 21.4 Å². The van der Waals surface area contributed by atoms with Gasteiger partial charge in [0.25, 0.3) is 0 Å². The third-order valence-electron chi connectivity index (χ3n) is 4.72. The predicted molar refractivity (Wildman–Crippen MR) is 100 cm³/mol. The van der Waals surface area contributed by atoms with Gasteiger partial charge in [-0.05, 0) is 37.8 Å². The summed E-state index contributed by atoms with van der Waals surface area (Å²) in [6.45, 7) is 1.64. The first-order valence-electron chi connectivity index (χ1n) is 9.22. The Balaban J connectivity index is 1.38. The van der Waals surface area contributed by atoms with Gasteiger partial charge in [-0.1, -0.05) is 12.5 Å². The number of aromatic nitrogens is 2. The van der Waals surface area contributed by atoms with Crippen molar-refractivity contribution in [2.24, 2.45) is 0 Å². The maximum atomic E-state index is 12.3. The zero-order valence-electron chi connectivity index (χ0n) is 14.9. The van der Waals surface area contributed by atoms with Gasteiger partial charge in [-0.2, -0.15) is 0 Å². The minimum Gasteiger partial charge on any atom is -0.349 e. The molecule has 0 saturated carbocycles. The summed E-state index contributed by atoms with van der Waals surface area (Å²) >= 11 is 0. The van der Waals surface area contributed by atoms with Crippen LogP contribution < -0.4 is 5.32 Å². The van der Waals surface area contributed by atoms with Crippen molar-refractivity contribution < 1.29 is 13.2 Å². The minimum absolute atomic E-state index is 0.0759. The molecule has 0 bridgehead atoms. The number of hydrogen-bond acceptors (Lipinski definition) is 4. The van der Waals surface area contributed by atoms with Crippen molar-refractivity contribution in [2.45, 2.75) is 45.1 Å². The van der Waals surface area contributed by atoms with Gasteiger partial charge in [-0.3, -0.25) is 4.79 Å². The van der Waals surface area contributed by atoms with Gasteiger partial charge < -0.3 is 9.72 Å². The number of amides is 1. The summed E-state index contributed by atoms with van der Waals surface area (Å²) in [6, 6.07) is 5.82. The largest absolute Gasteiger partial charge is 0.349 e. The number of imidazole rings is 1. The third kappa shape index (κ3) is 4.82. The summed E-state index contributed by atoms with van der Waals surface area (Å²) in [5.74, 6) is 0.834. The number of piperidine rings is 1. The van der Waals surface area contributed by atoms with E-state index in [1.807, 2.05) is 28.8 Å². The van der Waals surface area contributed by atoms with E-state index in [-0.39, 0.29) is 11.7 Å². The molecule has 1 saturated heterocycles. The van der Waals surface area contributed by atoms with Crippen molar-refractivity contribution in [3.63, 3.8) is 0 Å². The lowest BCUT2D eigenvalue weighted by Crippen LogP contribution is -2.37. The van der Waals surface area contributed by atoms with Crippen molar-refractivity contribution in [1.82, 2.24) is 19.0 Å². The molecule has 1 aliphatic rings. The van der Waals surface area contributed by atoms with E-state index in [1.54, 1.807) is 10.5 Å². The highest BCUT2D eigenvalue weighted by Gasteiger charge is 2.23. The molecule has 142 valence electrons. The first-order chi connectivity index (χ1) is 12.6. The van der Waals surface area contributed by atoms with Crippen LogP contribution in [0.4, 0.5) is 0 Å². The molecule has 1 N–H and O–H groups in total. The molecule has 2 aromatic heterocycles. The average Bonchev–Trinajstić information content (AvgIpc) is 3.07. The molecule has 7 nitrogen and oxygen atoms in total. The fourth-order valence-electron chi connectivity index (χ4n) is 3.24. The van der Waals surface area contributed by atoms with Crippen molar-refractivity contribution >= 4 is 21.4 Å². The fourth-order valence-corrected chi connectivity index (χ4v) is 4.88. The summed E-state index contributed by atoms with van der Waals surface area (Å²) in [5.41, 5.74) is 0.986. The molecular weight excluding hydrogens is 352 g/mol. The zero-order valence-corrected chi connectivity index (χ0v) is 15.7. The highest BCUT2D eigenvalue weighted by Crippen LogP contribution is 2.14. The first kappa shape index (κ1) is 18.8. The second-order valence-electron chi connectivity index (χ2n) is 6.68. The smallest absolute Gasteiger partial charge is 0.220 e. The molecule has 0 radical (unpaired) electrons. The van der Waals surface area contributed by atoms with E-state index >= 15 is 0 Å². The van der Waals surface area contributed by atoms with Gasteiger partial charge >= 0.3 is 0 Å². The van der Waals surface area contributed by atoms with E-state index < -0.39 is 10.0 Å². The summed E-state index contributed by atoms with van der Waals surface area (Å²) in [6.07, 6.45) is 8.10. The van der Waals surface area contributed by atoms with Crippen molar-refractivity contribution in [1.29, 1.82) is 0 Å². The molecule has 0 spiro atoms. The average molecular weight is 378 g/mol. The normalized spacial score (nSPS) is 16.0. The Kier molecular flexibility index (Phi) is 6.26. The van der Waals surface area contributed by atoms with Crippen LogP contribution in [-0.4, -0.2) is 46.9 Å². The maximum Gasteiger partial charge on any atom is 0.220 e. The Bertz CT molecular complexity index is 841. The van der Waals surface area contributed by atoms with Crippen LogP contribution in [0.1, 0.15) is 44.3 Å². The van der Waals surface area contributed by atoms with Gasteiger partial charge in [0.05, 0.1) is 24.0 Å². The lowest BCUT2D eigenvalue weighted by atomic mass is 10.2. The molecule has 0 aromatic carbocycles. The highest BCUT2D eigenvalue weighted by molar-refractivity contribution is 7.89. The van der Waals surface area contributed by atoms with E-state index in [0.29, 0.717) is 38.9 Å². The predicted octanol–water partition coefficient (Wildman–Crippen LogP) is 1.94. The molecule has 1 amide bonds. The standard InChI is InChI=1S/C18H26N4O3S/c23-18(20-15-17-19-14-16-8-2-6-12-22(16)17)9-3-7-13-26(24,25)21-10-4-1-5-11-21/h2,6,8,12,14H,1,3-5,7,9-11,13,15H2,(H,20,23). The summed E-state index contributed by atoms with van der Waals surface area (Å²) < 4.78 is 28.0. The number of rotatable bonds is 8. The summed E-state index contributed by atoms with van der Waals surface area (Å²) in [4.78, 5) is 16.3. The molecule has 1 aliphatic heterocycles. The van der Waals surface area contributed by atoms with Gasteiger partial charge in [0.1, 0.15) is 5.82 Å². The molecule has 2 aromatic rings. The number of sulfonamides is 1. The number of hydrogen-bond donors (Lipinski definition) is 1. The Hall–Kier alpha value is -1.93. The van der Waals surface area contributed by atoms with E-state index in [0.717, 1.165) is 30.6 Å². The van der Waals surface area contributed by atoms with Gasteiger partial charge in [0.15, 0.2) is 0 Å². The maximum absolute atomic E-state index is 12.3. The van der Waals surface area contributed by atoms with E-state index in [4.69, 9.17) is 0 Å². The van der Waals surface area contributed by atoms with Gasteiger partial charge in [0.2, 0.25) is 15.9 Å². The monoisotopic (exact) mass is 378 g/mol. The number of fused-ring (bicyclic) bond motifs is 1. The second kappa shape index (κ2) is 8.64. The molecule has 3 heterocycles. The molecule has 3 rings (SSSR count). The molecule has 0 atom stereocenters. The van der Waals surface area contributed by atoms with Crippen molar-refractivity contribution in [3.05, 3.63) is 36.4 Å². The van der Waals surface area contributed by atoms with Crippen LogP contribution in [0.5, 0.6) is 0 Å². The number of pyridine rings is 1. The lowest BCUT2D eigenvalue weighted by molar-refractivity contribution is -0.121. The minimum atomic E-state index is -3.17. The lowest BCUT2D eigenvalue weighted by Gasteiger charge is -2.25. The summed E-state index contributed by atoms with van der Waals surface area (Å²) in [5, 5.41) is 2.86. The van der Waals surface area contributed by atoms with Crippen LogP contribution in [0.3, 0.4) is 0 Å². The Morgan fingerprint density at radius 2 is 1.96 bits per heavy atom. The highest BCUT2D eigenvalue weighted by atomic mass is 32.2. The molecule has 1 fully saturated rings. The number of carbonyl (C=O) groups excluding carboxylic acids is 1. The van der Waals surface area contributed by atoms with E-state index in [9.17, 15) is 13.2 Å². The van der Waals surface area contributed by atoms with E-state index in [1.165, 1.54) is 0 Å². The fraction of sp³-hybridized carbons (Fsp3) is 0.556. The SMILES string of the molecule is O=C(CCCCS(=O)(=O)N1CCCCC1)NCc1ncc2ccccn12. The Morgan fingerprint density at radius 1 is 1.15 bits per heavy atom. The molecular formula is C18H26N4O3S. The number of carbonyl (C=O) groups is 1. The van der Waals surface area contributed by atoms with Crippen LogP contribution in [0.25, 0.3) is 5.52 Å². The van der Waals surface area contributed by atoms with Gasteiger partial charge in [0, 0.05) is 25.7 Å². The van der Waals surface area contributed by atoms with Gasteiger partial charge in [-0.25, -0.2) is 17.7 Å². The number of unbranched alkanes of at least 4 members (excludes halogenated alkanes) is 1. The molecule has 0 aliphatic carbocycles. The molecule has 26 heavy (non-hydrogen) atoms. The third-order valence-corrected chi connectivity index (χ3v) is 6.68. The number of nitrogens with one attached hydrogen (secondary N) is 1. The number of nitrogens with zero attached hydrogens (tertiary/aromatic N) is 3. The molecule has 0 unspecified atom stereocenters. The molecule has 8 heteroatoms. The van der Waals surface area contributed by atoms with Crippen LogP contribution in [0.2, 0.25) is 0 Å². The van der Waals surface area contributed by atoms with Crippen molar-refractivity contribution in [2.75, 3.05) is 18.8 Å². The Morgan fingerprint density at radius 3 is 2.77 bits per heavy atom. The van der Waals surface area contributed by atoms with Crippen LogP contribution in [0.15, 0.2) is 30.6 Å². The van der Waals surface area contributed by atoms with Crippen molar-refractivity contribution in [3.8, 4) is 0 Å². The zero-order chi connectivity index (χ0) is 18.4. The second-order valence-corrected chi connectivity index (χ2v) is 8.77. The topological polar surface area (TPSA) is 83.8 Å². The van der Waals surface area contributed by atoms with E-state index in [2.05, 4.69) is 10.3 Å². The van der Waals surface area contributed by atoms with Gasteiger partial charge in [-0.15, -0.1) is 0 Å². The Labute approximate surface area is 154 Å².